The van der Waals surface area contributed by atoms with Crippen molar-refractivity contribution in [1.29, 1.82) is 0 Å². The van der Waals surface area contributed by atoms with Gasteiger partial charge in [-0.3, -0.25) is 4.79 Å². The molecule has 88 valence electrons. The smallest absolute Gasteiger partial charge is 0.227 e. The molecular weight excluding hydrogens is 273 g/mol. The molecule has 0 heterocycles. The molecule has 0 aliphatic heterocycles. The highest BCUT2D eigenvalue weighted by molar-refractivity contribution is 9.10. The predicted molar refractivity (Wildman–Crippen MR) is 65.7 cm³/mol. The van der Waals surface area contributed by atoms with Crippen molar-refractivity contribution in [1.82, 2.24) is 4.90 Å². The van der Waals surface area contributed by atoms with Crippen molar-refractivity contribution in [2.24, 2.45) is 0 Å². The molecule has 1 rings (SSSR count). The lowest BCUT2D eigenvalue weighted by atomic mass is 10.1. The molecule has 1 aromatic carbocycles. The first-order valence-corrected chi connectivity index (χ1v) is 6.09. The number of nitrogens with zero attached hydrogens (tertiary/aromatic N) is 1. The van der Waals surface area contributed by atoms with E-state index in [-0.39, 0.29) is 18.1 Å². The molecule has 1 amide bonds. The van der Waals surface area contributed by atoms with Crippen molar-refractivity contribution >= 4 is 21.8 Å². The van der Waals surface area contributed by atoms with Crippen LogP contribution in [0.3, 0.4) is 0 Å². The van der Waals surface area contributed by atoms with E-state index in [4.69, 9.17) is 0 Å². The van der Waals surface area contributed by atoms with Crippen molar-refractivity contribution in [2.75, 3.05) is 13.1 Å². The summed E-state index contributed by atoms with van der Waals surface area (Å²) in [5.41, 5.74) is 0.436. The average molecular weight is 288 g/mol. The maximum atomic E-state index is 13.4. The van der Waals surface area contributed by atoms with Crippen molar-refractivity contribution in [2.45, 2.75) is 20.3 Å². The third-order valence-electron chi connectivity index (χ3n) is 2.47. The number of amides is 1. The fourth-order valence-electron chi connectivity index (χ4n) is 1.53. The van der Waals surface area contributed by atoms with Crippen LogP contribution >= 0.6 is 15.9 Å². The van der Waals surface area contributed by atoms with Gasteiger partial charge in [-0.25, -0.2) is 4.39 Å². The fourth-order valence-corrected chi connectivity index (χ4v) is 1.94. The van der Waals surface area contributed by atoms with E-state index < -0.39 is 0 Å². The molecule has 0 unspecified atom stereocenters. The molecule has 0 radical (unpaired) electrons. The number of carbonyl (C=O) groups excluding carboxylic acids is 1. The van der Waals surface area contributed by atoms with Gasteiger partial charge in [-0.2, -0.15) is 0 Å². The molecule has 0 spiro atoms. The highest BCUT2D eigenvalue weighted by Crippen LogP contribution is 2.16. The molecule has 0 aromatic heterocycles. The number of likely N-dealkylation sites (N-methyl/N-ethyl adjacent to an activating group) is 1. The van der Waals surface area contributed by atoms with Gasteiger partial charge in [-0.05, 0) is 37.6 Å². The first kappa shape index (κ1) is 13.2. The number of hydrogen-bond donors (Lipinski definition) is 0. The van der Waals surface area contributed by atoms with Crippen LogP contribution < -0.4 is 0 Å². The minimum atomic E-state index is -0.330. The Bertz CT molecular complexity index is 377. The van der Waals surface area contributed by atoms with E-state index in [9.17, 15) is 9.18 Å². The Balaban J connectivity index is 2.80. The minimum absolute atomic E-state index is 0.0398. The van der Waals surface area contributed by atoms with Crippen LogP contribution in [-0.2, 0) is 11.2 Å². The predicted octanol–water partition coefficient (Wildman–Crippen LogP) is 3.00. The summed E-state index contributed by atoms with van der Waals surface area (Å²) in [6, 6.07) is 4.65. The lowest BCUT2D eigenvalue weighted by Gasteiger charge is -2.18. The zero-order valence-electron chi connectivity index (χ0n) is 9.46. The standard InChI is InChI=1S/C12H15BrFNO/c1-3-15(4-2)12(16)8-9-7-10(13)5-6-11(9)14/h5-7H,3-4,8H2,1-2H3. The Labute approximate surface area is 104 Å². The van der Waals surface area contributed by atoms with Gasteiger partial charge in [0.2, 0.25) is 5.91 Å². The Morgan fingerprint density at radius 1 is 1.38 bits per heavy atom. The zero-order chi connectivity index (χ0) is 12.1. The molecule has 1 aromatic rings. The van der Waals surface area contributed by atoms with Crippen molar-refractivity contribution in [3.8, 4) is 0 Å². The number of hydrogen-bond acceptors (Lipinski definition) is 1. The maximum Gasteiger partial charge on any atom is 0.227 e. The van der Waals surface area contributed by atoms with E-state index in [1.807, 2.05) is 13.8 Å². The second-order valence-corrected chi connectivity index (χ2v) is 4.39. The van der Waals surface area contributed by atoms with Crippen LogP contribution in [0.1, 0.15) is 19.4 Å². The minimum Gasteiger partial charge on any atom is -0.343 e. The van der Waals surface area contributed by atoms with Gasteiger partial charge in [0, 0.05) is 17.6 Å². The average Bonchev–Trinajstić information content (AvgIpc) is 2.25. The van der Waals surface area contributed by atoms with Crippen LogP contribution in [0, 0.1) is 5.82 Å². The second-order valence-electron chi connectivity index (χ2n) is 3.48. The highest BCUT2D eigenvalue weighted by Gasteiger charge is 2.13. The zero-order valence-corrected chi connectivity index (χ0v) is 11.1. The van der Waals surface area contributed by atoms with E-state index in [1.165, 1.54) is 6.07 Å². The molecule has 0 aliphatic rings. The highest BCUT2D eigenvalue weighted by atomic mass is 79.9. The topological polar surface area (TPSA) is 20.3 Å². The van der Waals surface area contributed by atoms with E-state index in [0.717, 1.165) is 4.47 Å². The third-order valence-corrected chi connectivity index (χ3v) is 2.96. The van der Waals surface area contributed by atoms with Gasteiger partial charge >= 0.3 is 0 Å². The summed E-state index contributed by atoms with van der Waals surface area (Å²) in [7, 11) is 0. The van der Waals surface area contributed by atoms with Crippen molar-refractivity contribution < 1.29 is 9.18 Å². The maximum absolute atomic E-state index is 13.4. The van der Waals surface area contributed by atoms with Gasteiger partial charge in [0.05, 0.1) is 6.42 Å². The Hall–Kier alpha value is -0.900. The number of benzene rings is 1. The quantitative estimate of drug-likeness (QED) is 0.834. The Morgan fingerprint density at radius 3 is 2.56 bits per heavy atom. The summed E-state index contributed by atoms with van der Waals surface area (Å²) in [4.78, 5) is 13.5. The lowest BCUT2D eigenvalue weighted by Crippen LogP contribution is -2.31. The fraction of sp³-hybridized carbons (Fsp3) is 0.417. The van der Waals surface area contributed by atoms with Gasteiger partial charge < -0.3 is 4.90 Å². The Morgan fingerprint density at radius 2 is 2.00 bits per heavy atom. The molecule has 0 N–H and O–H groups in total. The van der Waals surface area contributed by atoms with Gasteiger partial charge in [-0.15, -0.1) is 0 Å². The number of rotatable bonds is 4. The molecule has 16 heavy (non-hydrogen) atoms. The monoisotopic (exact) mass is 287 g/mol. The molecule has 0 saturated carbocycles. The molecule has 0 saturated heterocycles. The SMILES string of the molecule is CCN(CC)C(=O)Cc1cc(Br)ccc1F. The first-order valence-electron chi connectivity index (χ1n) is 5.30. The first-order chi connectivity index (χ1) is 7.58. The van der Waals surface area contributed by atoms with Crippen LogP contribution in [0.25, 0.3) is 0 Å². The van der Waals surface area contributed by atoms with Crippen LogP contribution in [-0.4, -0.2) is 23.9 Å². The van der Waals surface area contributed by atoms with Gasteiger partial charge in [-0.1, -0.05) is 15.9 Å². The van der Waals surface area contributed by atoms with E-state index in [2.05, 4.69) is 15.9 Å². The largest absolute Gasteiger partial charge is 0.343 e. The molecular formula is C12H15BrFNO. The second kappa shape index (κ2) is 5.99. The molecule has 4 heteroatoms. The normalized spacial score (nSPS) is 10.2. The summed E-state index contributed by atoms with van der Waals surface area (Å²) in [6.07, 6.45) is 0.118. The van der Waals surface area contributed by atoms with Gasteiger partial charge in [0.15, 0.2) is 0 Å². The van der Waals surface area contributed by atoms with Crippen LogP contribution in [0.15, 0.2) is 22.7 Å². The van der Waals surface area contributed by atoms with Crippen LogP contribution in [0.4, 0.5) is 4.39 Å². The Kier molecular flexibility index (Phi) is 4.93. The van der Waals surface area contributed by atoms with E-state index >= 15 is 0 Å². The molecule has 2 nitrogen and oxygen atoms in total. The van der Waals surface area contributed by atoms with Gasteiger partial charge in [0.25, 0.3) is 0 Å². The summed E-state index contributed by atoms with van der Waals surface area (Å²) < 4.78 is 14.2. The number of carbonyl (C=O) groups is 1. The number of halogens is 2. The third kappa shape index (κ3) is 3.30. The van der Waals surface area contributed by atoms with E-state index in [1.54, 1.807) is 17.0 Å². The van der Waals surface area contributed by atoms with Gasteiger partial charge in [0.1, 0.15) is 5.82 Å². The molecule has 0 atom stereocenters. The van der Waals surface area contributed by atoms with Crippen LogP contribution in [0.5, 0.6) is 0 Å². The lowest BCUT2D eigenvalue weighted by molar-refractivity contribution is -0.130. The van der Waals surface area contributed by atoms with Crippen molar-refractivity contribution in [3.63, 3.8) is 0 Å². The summed E-state index contributed by atoms with van der Waals surface area (Å²) in [5.74, 6) is -0.370. The van der Waals surface area contributed by atoms with Crippen molar-refractivity contribution in [3.05, 3.63) is 34.1 Å². The summed E-state index contributed by atoms with van der Waals surface area (Å²) >= 11 is 3.27. The summed E-state index contributed by atoms with van der Waals surface area (Å²) in [5, 5.41) is 0. The van der Waals surface area contributed by atoms with Crippen LogP contribution in [0.2, 0.25) is 0 Å². The van der Waals surface area contributed by atoms with E-state index in [0.29, 0.717) is 18.7 Å². The summed E-state index contributed by atoms with van der Waals surface area (Å²) in [6.45, 7) is 5.15. The molecule has 0 fully saturated rings. The molecule has 0 aliphatic carbocycles. The molecule has 0 bridgehead atoms.